The Hall–Kier alpha value is 0.0500. The fourth-order valence-corrected chi connectivity index (χ4v) is 4.00. The summed E-state index contributed by atoms with van der Waals surface area (Å²) in [5.41, 5.74) is 0. The second-order valence-corrected chi connectivity index (χ2v) is 5.55. The highest BCUT2D eigenvalue weighted by atomic mass is 79.9. The van der Waals surface area contributed by atoms with Crippen LogP contribution in [-0.4, -0.2) is 11.5 Å². The van der Waals surface area contributed by atoms with Crippen LogP contribution in [0.1, 0.15) is 19.3 Å². The first-order valence-electron chi connectivity index (χ1n) is 4.69. The summed E-state index contributed by atoms with van der Waals surface area (Å²) in [5.74, 6) is 2.87. The SMILES string of the molecule is [Br-].c1ccc([S+]2CCCCC2)cc1. The Labute approximate surface area is 93.9 Å². The van der Waals surface area contributed by atoms with Crippen LogP contribution in [0.15, 0.2) is 35.2 Å². The second-order valence-electron chi connectivity index (χ2n) is 3.27. The zero-order valence-corrected chi connectivity index (χ0v) is 10.1. The molecule has 0 spiro atoms. The van der Waals surface area contributed by atoms with Crippen LogP contribution in [0, 0.1) is 0 Å². The summed E-state index contributed by atoms with van der Waals surface area (Å²) in [6.07, 6.45) is 4.34. The Morgan fingerprint density at radius 1 is 0.846 bits per heavy atom. The van der Waals surface area contributed by atoms with Crippen molar-refractivity contribution in [3.63, 3.8) is 0 Å². The highest BCUT2D eigenvalue weighted by Gasteiger charge is 2.23. The molecule has 0 nitrogen and oxygen atoms in total. The van der Waals surface area contributed by atoms with E-state index in [1.807, 2.05) is 0 Å². The Morgan fingerprint density at radius 3 is 2.08 bits per heavy atom. The molecule has 1 fully saturated rings. The monoisotopic (exact) mass is 258 g/mol. The summed E-state index contributed by atoms with van der Waals surface area (Å²) in [7, 11) is 0.592. The van der Waals surface area contributed by atoms with Gasteiger partial charge in [-0.25, -0.2) is 0 Å². The molecule has 2 rings (SSSR count). The Kier molecular flexibility index (Phi) is 4.89. The van der Waals surface area contributed by atoms with Gasteiger partial charge in [-0.3, -0.25) is 0 Å². The van der Waals surface area contributed by atoms with Gasteiger partial charge in [-0.05, 0) is 31.4 Å². The fraction of sp³-hybridized carbons (Fsp3) is 0.455. The lowest BCUT2D eigenvalue weighted by Gasteiger charge is -2.12. The van der Waals surface area contributed by atoms with E-state index in [0.717, 1.165) is 0 Å². The van der Waals surface area contributed by atoms with Gasteiger partial charge in [0.05, 0.1) is 0 Å². The Bertz CT molecular complexity index is 229. The Morgan fingerprint density at radius 2 is 1.46 bits per heavy atom. The molecule has 0 atom stereocenters. The van der Waals surface area contributed by atoms with E-state index in [0.29, 0.717) is 10.9 Å². The minimum absolute atomic E-state index is 0. The van der Waals surface area contributed by atoms with E-state index in [9.17, 15) is 0 Å². The highest BCUT2D eigenvalue weighted by Crippen LogP contribution is 2.21. The molecule has 0 saturated carbocycles. The van der Waals surface area contributed by atoms with E-state index in [2.05, 4.69) is 30.3 Å². The van der Waals surface area contributed by atoms with Gasteiger partial charge in [0.1, 0.15) is 11.5 Å². The third-order valence-electron chi connectivity index (χ3n) is 2.36. The maximum absolute atomic E-state index is 2.29. The van der Waals surface area contributed by atoms with E-state index < -0.39 is 0 Å². The fourth-order valence-electron chi connectivity index (χ4n) is 1.68. The van der Waals surface area contributed by atoms with Crippen LogP contribution >= 0.6 is 0 Å². The normalized spacial score (nSPS) is 17.8. The van der Waals surface area contributed by atoms with Crippen molar-refractivity contribution in [1.29, 1.82) is 0 Å². The van der Waals surface area contributed by atoms with E-state index in [1.165, 1.54) is 30.8 Å². The number of halogens is 1. The largest absolute Gasteiger partial charge is 1.00 e. The van der Waals surface area contributed by atoms with Crippen LogP contribution in [0.4, 0.5) is 0 Å². The van der Waals surface area contributed by atoms with Gasteiger partial charge in [-0.15, -0.1) is 0 Å². The quantitative estimate of drug-likeness (QED) is 0.615. The van der Waals surface area contributed by atoms with Gasteiger partial charge in [0.2, 0.25) is 0 Å². The van der Waals surface area contributed by atoms with Gasteiger partial charge in [0.25, 0.3) is 0 Å². The van der Waals surface area contributed by atoms with Gasteiger partial charge in [0.15, 0.2) is 4.90 Å². The van der Waals surface area contributed by atoms with Crippen molar-refractivity contribution in [3.05, 3.63) is 30.3 Å². The predicted molar refractivity (Wildman–Crippen MR) is 55.7 cm³/mol. The zero-order valence-electron chi connectivity index (χ0n) is 7.71. The lowest BCUT2D eigenvalue weighted by atomic mass is 10.3. The van der Waals surface area contributed by atoms with Crippen molar-refractivity contribution in [1.82, 2.24) is 0 Å². The van der Waals surface area contributed by atoms with Crippen molar-refractivity contribution in [2.75, 3.05) is 11.5 Å². The lowest BCUT2D eigenvalue weighted by molar-refractivity contribution is -0.00000245. The molecule has 1 saturated heterocycles. The molecule has 1 aliphatic heterocycles. The highest BCUT2D eigenvalue weighted by molar-refractivity contribution is 7.96. The number of rotatable bonds is 1. The maximum atomic E-state index is 2.29. The molecule has 0 bridgehead atoms. The maximum Gasteiger partial charge on any atom is 0.154 e. The second kappa shape index (κ2) is 5.71. The van der Waals surface area contributed by atoms with Gasteiger partial charge in [-0.2, -0.15) is 0 Å². The van der Waals surface area contributed by atoms with Gasteiger partial charge in [0, 0.05) is 10.9 Å². The molecular formula is C11H15BrS. The van der Waals surface area contributed by atoms with Crippen molar-refractivity contribution in [2.24, 2.45) is 0 Å². The van der Waals surface area contributed by atoms with Crippen molar-refractivity contribution >= 4 is 10.9 Å². The van der Waals surface area contributed by atoms with Crippen molar-refractivity contribution < 1.29 is 17.0 Å². The minimum atomic E-state index is 0. The molecule has 0 unspecified atom stereocenters. The molecule has 1 heterocycles. The smallest absolute Gasteiger partial charge is 0.154 e. The topological polar surface area (TPSA) is 0 Å². The third kappa shape index (κ3) is 3.03. The summed E-state index contributed by atoms with van der Waals surface area (Å²) in [5, 5.41) is 0. The first-order chi connectivity index (χ1) is 5.97. The standard InChI is InChI=1S/C11H15S.BrH/c1-3-7-11(8-4-1)12-9-5-2-6-10-12;/h1,3-4,7-8H,2,5-6,9-10H2;1H/q+1;/p-1. The molecular weight excluding hydrogens is 244 g/mol. The molecule has 0 radical (unpaired) electrons. The molecule has 2 heteroatoms. The van der Waals surface area contributed by atoms with Crippen LogP contribution in [0.5, 0.6) is 0 Å². The van der Waals surface area contributed by atoms with Gasteiger partial charge >= 0.3 is 0 Å². The van der Waals surface area contributed by atoms with E-state index >= 15 is 0 Å². The lowest BCUT2D eigenvalue weighted by Crippen LogP contribution is -3.00. The van der Waals surface area contributed by atoms with Gasteiger partial charge in [-0.1, -0.05) is 18.2 Å². The molecule has 72 valence electrons. The van der Waals surface area contributed by atoms with Crippen LogP contribution < -0.4 is 17.0 Å². The molecule has 0 amide bonds. The molecule has 0 aliphatic carbocycles. The molecule has 1 aromatic rings. The van der Waals surface area contributed by atoms with Crippen LogP contribution in [0.25, 0.3) is 0 Å². The number of hydrogen-bond acceptors (Lipinski definition) is 0. The summed E-state index contributed by atoms with van der Waals surface area (Å²) < 4.78 is 0. The van der Waals surface area contributed by atoms with Gasteiger partial charge < -0.3 is 17.0 Å². The molecule has 0 N–H and O–H groups in total. The molecule has 0 aromatic heterocycles. The minimum Gasteiger partial charge on any atom is -1.00 e. The molecule has 1 aliphatic rings. The van der Waals surface area contributed by atoms with Crippen LogP contribution in [-0.2, 0) is 10.9 Å². The summed E-state index contributed by atoms with van der Waals surface area (Å²) in [4.78, 5) is 1.58. The molecule has 13 heavy (non-hydrogen) atoms. The first-order valence-corrected chi connectivity index (χ1v) is 6.26. The third-order valence-corrected chi connectivity index (χ3v) is 4.86. The number of benzene rings is 1. The summed E-state index contributed by atoms with van der Waals surface area (Å²) in [6, 6.07) is 11.0. The average molecular weight is 259 g/mol. The van der Waals surface area contributed by atoms with Crippen LogP contribution in [0.3, 0.4) is 0 Å². The van der Waals surface area contributed by atoms with E-state index in [4.69, 9.17) is 0 Å². The van der Waals surface area contributed by atoms with Crippen molar-refractivity contribution in [2.45, 2.75) is 24.2 Å². The first kappa shape index (κ1) is 11.1. The molecule has 1 aromatic carbocycles. The zero-order chi connectivity index (χ0) is 8.23. The Balaban J connectivity index is 0.000000845. The average Bonchev–Trinajstić information content (AvgIpc) is 2.21. The van der Waals surface area contributed by atoms with Crippen molar-refractivity contribution in [3.8, 4) is 0 Å². The predicted octanol–water partition coefficient (Wildman–Crippen LogP) is -0.148. The number of hydrogen-bond donors (Lipinski definition) is 0. The summed E-state index contributed by atoms with van der Waals surface area (Å²) in [6.45, 7) is 0. The summed E-state index contributed by atoms with van der Waals surface area (Å²) >= 11 is 0. The van der Waals surface area contributed by atoms with Crippen LogP contribution in [0.2, 0.25) is 0 Å². The van der Waals surface area contributed by atoms with E-state index in [-0.39, 0.29) is 17.0 Å². The van der Waals surface area contributed by atoms with E-state index in [1.54, 1.807) is 4.90 Å².